The van der Waals surface area contributed by atoms with Crippen molar-refractivity contribution in [1.82, 2.24) is 4.98 Å². The third-order valence-corrected chi connectivity index (χ3v) is 8.68. The first-order valence-electron chi connectivity index (χ1n) is 10.7. The van der Waals surface area contributed by atoms with E-state index in [0.29, 0.717) is 0 Å². The molecular weight excluding hydrogens is 456 g/mol. The molecule has 4 N–H and O–H groups in total. The number of terminal acetylenes is 1. The maximum Gasteiger partial charge on any atom is 0.359 e. The van der Waals surface area contributed by atoms with Gasteiger partial charge in [-0.3, -0.25) is 9.36 Å². The van der Waals surface area contributed by atoms with Gasteiger partial charge in [0.2, 0.25) is 0 Å². The van der Waals surface area contributed by atoms with Crippen molar-refractivity contribution >= 4 is 7.60 Å². The number of aliphatic hydroxyl groups is 2. The number of methoxy groups -OCH3 is 1. The van der Waals surface area contributed by atoms with Crippen molar-refractivity contribution in [1.29, 1.82) is 0 Å². The minimum absolute atomic E-state index is 0.0172. The molecule has 7 atom stereocenters. The molecule has 0 aliphatic carbocycles. The fourth-order valence-electron chi connectivity index (χ4n) is 3.74. The fourth-order valence-corrected chi connectivity index (χ4v) is 5.13. The van der Waals surface area contributed by atoms with Crippen molar-refractivity contribution in [3.8, 4) is 12.3 Å². The van der Waals surface area contributed by atoms with Gasteiger partial charge in [0.1, 0.15) is 29.8 Å². The van der Waals surface area contributed by atoms with Crippen molar-refractivity contribution in [3.05, 3.63) is 33.0 Å². The average molecular weight is 489 g/mol. The number of aromatic nitrogens is 1. The molecule has 0 aromatic carbocycles. The van der Waals surface area contributed by atoms with E-state index >= 15 is 4.39 Å². The lowest BCUT2D eigenvalue weighted by Crippen LogP contribution is -2.40. The zero-order valence-electron chi connectivity index (χ0n) is 19.7. The van der Waals surface area contributed by atoms with Crippen LogP contribution in [0.1, 0.15) is 69.9 Å². The summed E-state index contributed by atoms with van der Waals surface area (Å²) < 4.78 is 44.7. The van der Waals surface area contributed by atoms with E-state index in [0.717, 1.165) is 0 Å². The molecule has 1 aliphatic rings. The van der Waals surface area contributed by atoms with Crippen LogP contribution in [0.5, 0.6) is 0 Å². The summed E-state index contributed by atoms with van der Waals surface area (Å²) in [7, 11) is -3.16. The second-order valence-corrected chi connectivity index (χ2v) is 11.0. The van der Waals surface area contributed by atoms with E-state index in [4.69, 9.17) is 20.4 Å². The topological polar surface area (TPSA) is 138 Å². The number of hydrogen-bond donors (Lipinski definition) is 4. The summed E-state index contributed by atoms with van der Waals surface area (Å²) in [6.07, 6.45) is 1.17. The second-order valence-electron chi connectivity index (χ2n) is 8.80. The quantitative estimate of drug-likeness (QED) is 0.307. The molecule has 1 fully saturated rings. The number of halogens is 1. The van der Waals surface area contributed by atoms with Gasteiger partial charge in [0.25, 0.3) is 5.56 Å². The van der Waals surface area contributed by atoms with Crippen molar-refractivity contribution in [2.75, 3.05) is 7.11 Å². The lowest BCUT2D eigenvalue weighted by atomic mass is 9.91. The predicted octanol–water partition coefficient (Wildman–Crippen LogP) is 2.50. The highest BCUT2D eigenvalue weighted by atomic mass is 31.2. The van der Waals surface area contributed by atoms with Gasteiger partial charge in [-0.25, -0.2) is 4.39 Å². The number of nitrogens with one attached hydrogen (secondary N) is 1. The smallest absolute Gasteiger partial charge is 0.359 e. The Morgan fingerprint density at radius 3 is 2.42 bits per heavy atom. The first kappa shape index (κ1) is 27.7. The molecule has 9 nitrogen and oxygen atoms in total. The van der Waals surface area contributed by atoms with E-state index in [9.17, 15) is 24.5 Å². The molecule has 1 aromatic heterocycles. The summed E-state index contributed by atoms with van der Waals surface area (Å²) >= 11 is 0. The summed E-state index contributed by atoms with van der Waals surface area (Å²) in [6, 6.07) is 0. The van der Waals surface area contributed by atoms with Gasteiger partial charge in [0, 0.05) is 13.5 Å². The van der Waals surface area contributed by atoms with E-state index in [2.05, 4.69) is 10.9 Å². The molecule has 1 saturated heterocycles. The van der Waals surface area contributed by atoms with Gasteiger partial charge in [-0.2, -0.15) is 0 Å². The number of ether oxygens (including phenoxy) is 2. The van der Waals surface area contributed by atoms with E-state index in [1.54, 1.807) is 20.8 Å². The summed E-state index contributed by atoms with van der Waals surface area (Å²) in [6.45, 7) is 7.34. The van der Waals surface area contributed by atoms with Crippen LogP contribution in [0.25, 0.3) is 0 Å². The van der Waals surface area contributed by atoms with Crippen LogP contribution in [-0.4, -0.2) is 56.5 Å². The number of rotatable bonds is 9. The molecule has 2 heterocycles. The summed E-state index contributed by atoms with van der Waals surface area (Å²) in [5.74, 6) is 1.37. The summed E-state index contributed by atoms with van der Waals surface area (Å²) in [5.41, 5.74) is -2.40. The third-order valence-electron chi connectivity index (χ3n) is 6.46. The van der Waals surface area contributed by atoms with E-state index in [-0.39, 0.29) is 36.1 Å². The van der Waals surface area contributed by atoms with Gasteiger partial charge in [-0.1, -0.05) is 19.8 Å². The van der Waals surface area contributed by atoms with Crippen LogP contribution in [0.2, 0.25) is 0 Å². The molecule has 0 bridgehead atoms. The normalized spacial score (nSPS) is 28.5. The fraction of sp³-hybridized carbons (Fsp3) is 0.682. The molecule has 186 valence electrons. The Morgan fingerprint density at radius 1 is 1.33 bits per heavy atom. The number of hydrogen-bond acceptors (Lipinski definition) is 7. The molecule has 0 spiro atoms. The Labute approximate surface area is 192 Å². The number of aromatic amines is 1. The van der Waals surface area contributed by atoms with Crippen molar-refractivity contribution in [2.45, 2.75) is 89.2 Å². The van der Waals surface area contributed by atoms with Gasteiger partial charge < -0.3 is 34.1 Å². The average Bonchev–Trinajstić information content (AvgIpc) is 3.05. The second kappa shape index (κ2) is 9.96. The molecule has 2 rings (SSSR count). The van der Waals surface area contributed by atoms with Gasteiger partial charge in [-0.05, 0) is 33.6 Å². The van der Waals surface area contributed by atoms with Crippen LogP contribution in [0.4, 0.5) is 4.39 Å². The SMILES string of the molecule is C#Cc1[nH]c(=O)c(C)c(F)c1[C@@H]1O[C@H](CC(C)(CC)OP(=O)(O)C(C)(O)CC)C(O)[C@@H]1OC. The minimum Gasteiger partial charge on any atom is -0.388 e. The minimum atomic E-state index is -4.48. The zero-order valence-corrected chi connectivity index (χ0v) is 20.6. The highest BCUT2D eigenvalue weighted by Gasteiger charge is 2.51. The Kier molecular flexibility index (Phi) is 8.36. The number of aliphatic hydroxyl groups excluding tert-OH is 1. The molecule has 1 aromatic rings. The molecule has 0 amide bonds. The summed E-state index contributed by atoms with van der Waals surface area (Å²) in [5, 5.41) is 19.2. The molecule has 0 radical (unpaired) electrons. The van der Waals surface area contributed by atoms with Crippen LogP contribution in [-0.2, 0) is 18.6 Å². The van der Waals surface area contributed by atoms with Crippen molar-refractivity contribution < 1.29 is 38.1 Å². The van der Waals surface area contributed by atoms with Crippen LogP contribution < -0.4 is 5.56 Å². The predicted molar refractivity (Wildman–Crippen MR) is 119 cm³/mol. The van der Waals surface area contributed by atoms with E-state index < -0.39 is 54.3 Å². The highest BCUT2D eigenvalue weighted by Crippen LogP contribution is 2.59. The van der Waals surface area contributed by atoms with Crippen molar-refractivity contribution in [3.63, 3.8) is 0 Å². The van der Waals surface area contributed by atoms with E-state index in [1.807, 2.05) is 0 Å². The molecular formula is C22H33FNO8P. The first-order chi connectivity index (χ1) is 15.2. The number of H-pyrrole nitrogens is 1. The van der Waals surface area contributed by atoms with Crippen LogP contribution >= 0.6 is 7.60 Å². The van der Waals surface area contributed by atoms with Crippen LogP contribution in [0.15, 0.2) is 4.79 Å². The van der Waals surface area contributed by atoms with Gasteiger partial charge in [-0.15, -0.1) is 6.42 Å². The molecule has 0 saturated carbocycles. The monoisotopic (exact) mass is 489 g/mol. The van der Waals surface area contributed by atoms with Crippen molar-refractivity contribution in [2.24, 2.45) is 0 Å². The Bertz CT molecular complexity index is 1020. The maximum absolute atomic E-state index is 15.1. The van der Waals surface area contributed by atoms with Gasteiger partial charge >= 0.3 is 7.60 Å². The maximum atomic E-state index is 15.1. The Balaban J connectivity index is 2.42. The molecule has 1 aliphatic heterocycles. The highest BCUT2D eigenvalue weighted by molar-refractivity contribution is 7.54. The van der Waals surface area contributed by atoms with Gasteiger partial charge in [0.15, 0.2) is 5.34 Å². The summed E-state index contributed by atoms with van der Waals surface area (Å²) in [4.78, 5) is 24.7. The molecule has 4 unspecified atom stereocenters. The van der Waals surface area contributed by atoms with E-state index in [1.165, 1.54) is 21.0 Å². The largest absolute Gasteiger partial charge is 0.388 e. The third kappa shape index (κ3) is 5.25. The van der Waals surface area contributed by atoms with Gasteiger partial charge in [0.05, 0.1) is 22.8 Å². The molecule has 11 heteroatoms. The lowest BCUT2D eigenvalue weighted by Gasteiger charge is -2.37. The number of pyridine rings is 1. The Morgan fingerprint density at radius 2 is 1.94 bits per heavy atom. The lowest BCUT2D eigenvalue weighted by molar-refractivity contribution is -0.0536. The molecule has 33 heavy (non-hydrogen) atoms. The van der Waals surface area contributed by atoms with Crippen LogP contribution in [0.3, 0.4) is 0 Å². The van der Waals surface area contributed by atoms with Crippen LogP contribution in [0, 0.1) is 25.1 Å². The Hall–Kier alpha value is -1.57. The standard InChI is InChI=1S/C22H33FNO8P/c1-8-13-15(16(23)12(4)20(26)24-13)18-19(30-7)17(25)14(31-18)11-21(5,9-2)32-33(28,29)22(6,27)10-3/h1,14,17-19,25,27H,9-11H2,2-7H3,(H,24,26)(H,28,29)/t14-,17?,18+,19+,21?,22?/m1/s1. The zero-order chi connectivity index (χ0) is 25.4. The first-order valence-corrected chi connectivity index (χ1v) is 12.3.